The van der Waals surface area contributed by atoms with Crippen LogP contribution < -0.4 is 11.1 Å². The molecule has 1 radical (unpaired) electrons. The second kappa shape index (κ2) is 13.8. The summed E-state index contributed by atoms with van der Waals surface area (Å²) < 4.78 is 11.3. The minimum atomic E-state index is -0.584. The fraction of sp³-hybridized carbons (Fsp3) is 0.286. The maximum Gasteiger partial charge on any atom is 0.407 e. The Hall–Kier alpha value is -3.64. The van der Waals surface area contributed by atoms with Gasteiger partial charge in [0.15, 0.2) is 0 Å². The molecule has 2 N–H and O–H groups in total. The molecule has 3 aromatic rings. The third-order valence-corrected chi connectivity index (χ3v) is 5.40. The molecule has 0 aliphatic rings. The Morgan fingerprint density at radius 2 is 1.41 bits per heavy atom. The van der Waals surface area contributed by atoms with Crippen LogP contribution in [0.25, 0.3) is 0 Å². The molecule has 0 fully saturated rings. The molecule has 0 saturated heterocycles. The van der Waals surface area contributed by atoms with Crippen molar-refractivity contribution in [3.63, 3.8) is 0 Å². The van der Waals surface area contributed by atoms with E-state index in [0.29, 0.717) is 19.6 Å². The van der Waals surface area contributed by atoms with Crippen molar-refractivity contribution in [3.8, 4) is 0 Å². The van der Waals surface area contributed by atoms with Gasteiger partial charge in [-0.15, -0.1) is 0 Å². The number of amides is 2. The highest BCUT2D eigenvalue weighted by Crippen LogP contribution is 2.25. The first-order valence-electron chi connectivity index (χ1n) is 11.5. The molecule has 0 saturated carbocycles. The molecule has 34 heavy (non-hydrogen) atoms. The van der Waals surface area contributed by atoms with Crippen molar-refractivity contribution < 1.29 is 19.1 Å². The standard InChI is InChI=1S/C28H31N2O4/c29-27(31)18-17-26(33-20-23-8-3-1-4-9-23)25-15-13-22(14-16-25)12-7-19-30-28(32)34-21-24-10-5-2-6-11-24/h1-6,8-11,13-16,26,29H,7,12,17-21H2,(H,30,32). The van der Waals surface area contributed by atoms with Crippen LogP contribution in [0.4, 0.5) is 4.79 Å². The quantitative estimate of drug-likeness (QED) is 0.347. The SMILES string of the molecule is [NH]C(=O)CCC(OCc1ccccc1)c1ccc(CCCNC(=O)OCc2ccccc2)cc1. The summed E-state index contributed by atoms with van der Waals surface area (Å²) in [5.74, 6) is -0.584. The van der Waals surface area contributed by atoms with Gasteiger partial charge in [-0.05, 0) is 41.5 Å². The van der Waals surface area contributed by atoms with Crippen molar-refractivity contribution >= 4 is 12.0 Å². The Balaban J connectivity index is 1.42. The van der Waals surface area contributed by atoms with E-state index in [1.54, 1.807) is 0 Å². The van der Waals surface area contributed by atoms with Gasteiger partial charge < -0.3 is 14.8 Å². The second-order valence-electron chi connectivity index (χ2n) is 8.08. The average molecular weight is 460 g/mol. The minimum Gasteiger partial charge on any atom is -0.445 e. The van der Waals surface area contributed by atoms with Crippen LogP contribution in [0.2, 0.25) is 0 Å². The molecule has 1 atom stereocenters. The molecule has 6 heteroatoms. The summed E-state index contributed by atoms with van der Waals surface area (Å²) in [4.78, 5) is 23.0. The first kappa shape index (κ1) is 25.0. The van der Waals surface area contributed by atoms with Gasteiger partial charge in [0.25, 0.3) is 0 Å². The van der Waals surface area contributed by atoms with Crippen molar-refractivity contribution in [2.45, 2.75) is 45.0 Å². The molecule has 0 aromatic heterocycles. The van der Waals surface area contributed by atoms with Crippen LogP contribution in [0, 0.1) is 0 Å². The van der Waals surface area contributed by atoms with E-state index in [1.807, 2.05) is 84.9 Å². The lowest BCUT2D eigenvalue weighted by Crippen LogP contribution is -2.25. The Labute approximate surface area is 201 Å². The monoisotopic (exact) mass is 459 g/mol. The van der Waals surface area contributed by atoms with Gasteiger partial charge in [0.1, 0.15) is 6.61 Å². The Morgan fingerprint density at radius 1 is 0.794 bits per heavy atom. The van der Waals surface area contributed by atoms with E-state index in [0.717, 1.165) is 35.1 Å². The smallest absolute Gasteiger partial charge is 0.407 e. The first-order chi connectivity index (χ1) is 16.6. The molecule has 177 valence electrons. The number of nitrogens with one attached hydrogen (secondary N) is 2. The van der Waals surface area contributed by atoms with E-state index >= 15 is 0 Å². The third kappa shape index (κ3) is 9.08. The van der Waals surface area contributed by atoms with E-state index in [9.17, 15) is 9.59 Å². The lowest BCUT2D eigenvalue weighted by molar-refractivity contribution is -0.119. The molecule has 3 rings (SSSR count). The third-order valence-electron chi connectivity index (χ3n) is 5.40. The van der Waals surface area contributed by atoms with Gasteiger partial charge in [0.05, 0.1) is 12.7 Å². The molecule has 0 bridgehead atoms. The summed E-state index contributed by atoms with van der Waals surface area (Å²) in [5, 5.41) is 2.78. The number of benzene rings is 3. The van der Waals surface area contributed by atoms with E-state index in [2.05, 4.69) is 5.32 Å². The van der Waals surface area contributed by atoms with Gasteiger partial charge >= 0.3 is 6.09 Å². The molecule has 0 aliphatic carbocycles. The van der Waals surface area contributed by atoms with Crippen molar-refractivity contribution in [3.05, 3.63) is 107 Å². The van der Waals surface area contributed by atoms with Gasteiger partial charge in [-0.2, -0.15) is 0 Å². The Kier molecular flexibility index (Phi) is 10.1. The average Bonchev–Trinajstić information content (AvgIpc) is 2.87. The largest absolute Gasteiger partial charge is 0.445 e. The van der Waals surface area contributed by atoms with E-state index in [-0.39, 0.29) is 19.1 Å². The highest BCUT2D eigenvalue weighted by molar-refractivity contribution is 5.72. The normalized spacial score (nSPS) is 11.5. The maximum atomic E-state index is 11.8. The Morgan fingerprint density at radius 3 is 2.03 bits per heavy atom. The van der Waals surface area contributed by atoms with E-state index in [1.165, 1.54) is 0 Å². The molecule has 0 heterocycles. The second-order valence-corrected chi connectivity index (χ2v) is 8.08. The highest BCUT2D eigenvalue weighted by Gasteiger charge is 2.14. The molecule has 1 unspecified atom stereocenters. The van der Waals surface area contributed by atoms with Gasteiger partial charge in [-0.3, -0.25) is 10.5 Å². The summed E-state index contributed by atoms with van der Waals surface area (Å²) in [5.41, 5.74) is 11.4. The number of rotatable bonds is 13. The molecule has 6 nitrogen and oxygen atoms in total. The van der Waals surface area contributed by atoms with Crippen LogP contribution in [0.3, 0.4) is 0 Å². The molecule has 0 spiro atoms. The molecular weight excluding hydrogens is 428 g/mol. The zero-order chi connectivity index (χ0) is 24.0. The summed E-state index contributed by atoms with van der Waals surface area (Å²) in [6.45, 7) is 1.24. The van der Waals surface area contributed by atoms with Crippen LogP contribution >= 0.6 is 0 Å². The summed E-state index contributed by atoms with van der Waals surface area (Å²) in [6, 6.07) is 27.6. The number of carbonyl (C=O) groups is 2. The lowest BCUT2D eigenvalue weighted by Gasteiger charge is -2.18. The topological polar surface area (TPSA) is 88.4 Å². The number of hydrogen-bond acceptors (Lipinski definition) is 4. The van der Waals surface area contributed by atoms with Crippen LogP contribution in [-0.2, 0) is 33.9 Å². The highest BCUT2D eigenvalue weighted by atomic mass is 16.5. The molecule has 0 aliphatic heterocycles. The molecule has 2 amide bonds. The van der Waals surface area contributed by atoms with Gasteiger partial charge in [0, 0.05) is 13.0 Å². The van der Waals surface area contributed by atoms with Crippen LogP contribution in [0.15, 0.2) is 84.9 Å². The van der Waals surface area contributed by atoms with Crippen LogP contribution in [-0.4, -0.2) is 18.5 Å². The predicted molar refractivity (Wildman–Crippen MR) is 131 cm³/mol. The number of carbonyl (C=O) groups excluding carboxylic acids is 2. The van der Waals surface area contributed by atoms with Crippen molar-refractivity contribution in [1.29, 1.82) is 0 Å². The van der Waals surface area contributed by atoms with Gasteiger partial charge in [0.2, 0.25) is 5.91 Å². The zero-order valence-corrected chi connectivity index (χ0v) is 19.2. The van der Waals surface area contributed by atoms with Crippen molar-refractivity contribution in [2.24, 2.45) is 0 Å². The maximum absolute atomic E-state index is 11.8. The predicted octanol–water partition coefficient (Wildman–Crippen LogP) is 5.39. The van der Waals surface area contributed by atoms with E-state index < -0.39 is 12.0 Å². The molecular formula is C28H31N2O4. The Bertz CT molecular complexity index is 1010. The fourth-order valence-electron chi connectivity index (χ4n) is 3.54. The van der Waals surface area contributed by atoms with Gasteiger partial charge in [-0.1, -0.05) is 84.9 Å². The number of hydrogen-bond donors (Lipinski definition) is 1. The molecule has 3 aromatic carbocycles. The van der Waals surface area contributed by atoms with Crippen molar-refractivity contribution in [2.75, 3.05) is 6.54 Å². The summed E-state index contributed by atoms with van der Waals surface area (Å²) in [6.07, 6.45) is 1.59. The van der Waals surface area contributed by atoms with E-state index in [4.69, 9.17) is 15.2 Å². The fourth-order valence-corrected chi connectivity index (χ4v) is 3.54. The summed E-state index contributed by atoms with van der Waals surface area (Å²) >= 11 is 0. The zero-order valence-electron chi connectivity index (χ0n) is 19.2. The van der Waals surface area contributed by atoms with Gasteiger partial charge in [-0.25, -0.2) is 4.79 Å². The first-order valence-corrected chi connectivity index (χ1v) is 11.5. The minimum absolute atomic E-state index is 0.160. The lowest BCUT2D eigenvalue weighted by atomic mass is 10.0. The number of ether oxygens (including phenoxy) is 2. The number of aryl methyl sites for hydroxylation is 1. The van der Waals surface area contributed by atoms with Crippen LogP contribution in [0.5, 0.6) is 0 Å². The van der Waals surface area contributed by atoms with Crippen molar-refractivity contribution in [1.82, 2.24) is 11.1 Å². The summed E-state index contributed by atoms with van der Waals surface area (Å²) in [7, 11) is 0. The number of alkyl carbamates (subject to hydrolysis) is 1. The van der Waals surface area contributed by atoms with Crippen LogP contribution in [0.1, 0.15) is 47.6 Å².